The van der Waals surface area contributed by atoms with Gasteiger partial charge in [-0.3, -0.25) is 0 Å². The molecular weight excluding hydrogens is 216 g/mol. The molecule has 0 nitrogen and oxygen atoms in total. The molecule has 0 heterocycles. The first kappa shape index (κ1) is 14.2. The van der Waals surface area contributed by atoms with Gasteiger partial charge in [-0.1, -0.05) is 60.1 Å². The zero-order valence-electron chi connectivity index (χ0n) is 13.6. The third kappa shape index (κ3) is 1.87. The van der Waals surface area contributed by atoms with Gasteiger partial charge in [0, 0.05) is 0 Å². The topological polar surface area (TPSA) is 0 Å². The molecule has 0 aromatic heterocycles. The predicted octanol–water partition coefficient (Wildman–Crippen LogP) is 5.83. The van der Waals surface area contributed by atoms with E-state index in [1.54, 1.807) is 5.57 Å². The average molecular weight is 248 g/mol. The van der Waals surface area contributed by atoms with Gasteiger partial charge in [0.05, 0.1) is 0 Å². The van der Waals surface area contributed by atoms with Crippen LogP contribution >= 0.6 is 0 Å². The van der Waals surface area contributed by atoms with Crippen molar-refractivity contribution in [1.29, 1.82) is 0 Å². The van der Waals surface area contributed by atoms with Gasteiger partial charge in [-0.15, -0.1) is 0 Å². The molecule has 104 valence electrons. The van der Waals surface area contributed by atoms with Crippen LogP contribution in [0.4, 0.5) is 0 Å². The van der Waals surface area contributed by atoms with Crippen LogP contribution in [0.5, 0.6) is 0 Å². The molecule has 2 rings (SSSR count). The third-order valence-corrected chi connectivity index (χ3v) is 6.50. The van der Waals surface area contributed by atoms with E-state index in [2.05, 4.69) is 54.5 Å². The van der Waals surface area contributed by atoms with Gasteiger partial charge in [-0.2, -0.15) is 0 Å². The Hall–Kier alpha value is -0.260. The Morgan fingerprint density at radius 3 is 2.28 bits per heavy atom. The highest BCUT2D eigenvalue weighted by atomic mass is 14.6. The van der Waals surface area contributed by atoms with E-state index in [1.165, 1.54) is 25.7 Å². The van der Waals surface area contributed by atoms with Crippen LogP contribution in [-0.2, 0) is 0 Å². The molecule has 0 saturated heterocycles. The van der Waals surface area contributed by atoms with Crippen molar-refractivity contribution in [3.05, 3.63) is 11.6 Å². The summed E-state index contributed by atoms with van der Waals surface area (Å²) in [5.74, 6) is 1.64. The maximum atomic E-state index is 2.61. The highest BCUT2D eigenvalue weighted by Crippen LogP contribution is 2.62. The van der Waals surface area contributed by atoms with Crippen LogP contribution in [0.1, 0.15) is 74.1 Å². The first-order valence-electron chi connectivity index (χ1n) is 7.81. The number of hydrogen-bond acceptors (Lipinski definition) is 0. The minimum Gasteiger partial charge on any atom is -0.0844 e. The molecule has 0 spiro atoms. The normalized spacial score (nSPS) is 40.1. The van der Waals surface area contributed by atoms with Crippen LogP contribution in [0.3, 0.4) is 0 Å². The maximum Gasteiger partial charge on any atom is -0.00393 e. The summed E-state index contributed by atoms with van der Waals surface area (Å²) in [5, 5.41) is 0. The highest BCUT2D eigenvalue weighted by molar-refractivity contribution is 5.28. The fourth-order valence-electron chi connectivity index (χ4n) is 4.62. The van der Waals surface area contributed by atoms with Gasteiger partial charge in [0.1, 0.15) is 0 Å². The van der Waals surface area contributed by atoms with Crippen LogP contribution in [0, 0.1) is 28.1 Å². The number of allylic oxidation sites excluding steroid dienone is 2. The van der Waals surface area contributed by atoms with E-state index in [-0.39, 0.29) is 0 Å². The van der Waals surface area contributed by atoms with Crippen molar-refractivity contribution in [2.75, 3.05) is 0 Å². The third-order valence-electron chi connectivity index (χ3n) is 6.50. The summed E-state index contributed by atoms with van der Waals surface area (Å²) in [6.45, 7) is 17.3. The fraction of sp³-hybridized carbons (Fsp3) is 0.889. The lowest BCUT2D eigenvalue weighted by Gasteiger charge is -2.58. The summed E-state index contributed by atoms with van der Waals surface area (Å²) in [7, 11) is 0. The molecule has 0 bridgehead atoms. The summed E-state index contributed by atoms with van der Waals surface area (Å²) in [6.07, 6.45) is 8.08. The van der Waals surface area contributed by atoms with Crippen molar-refractivity contribution in [3.8, 4) is 0 Å². The molecule has 0 aromatic carbocycles. The van der Waals surface area contributed by atoms with E-state index < -0.39 is 0 Å². The van der Waals surface area contributed by atoms with Gasteiger partial charge in [-0.05, 0) is 53.8 Å². The van der Waals surface area contributed by atoms with Crippen molar-refractivity contribution in [2.45, 2.75) is 74.1 Å². The molecule has 0 aliphatic heterocycles. The van der Waals surface area contributed by atoms with E-state index >= 15 is 0 Å². The molecule has 2 aliphatic rings. The van der Waals surface area contributed by atoms with Crippen molar-refractivity contribution >= 4 is 0 Å². The Bertz CT molecular complexity index is 353. The standard InChI is InChI=1S/C18H32/c1-13-10-11-14-15(9-8-12-17(14,5)6)18(13,7)16(2,3)4/h9,13-14H,8,10-12H2,1-7H3. The van der Waals surface area contributed by atoms with Gasteiger partial charge in [0.25, 0.3) is 0 Å². The summed E-state index contributed by atoms with van der Waals surface area (Å²) >= 11 is 0. The fourth-order valence-corrected chi connectivity index (χ4v) is 4.62. The molecule has 1 fully saturated rings. The highest BCUT2D eigenvalue weighted by Gasteiger charge is 2.52. The van der Waals surface area contributed by atoms with Crippen molar-refractivity contribution in [3.63, 3.8) is 0 Å². The van der Waals surface area contributed by atoms with Crippen LogP contribution < -0.4 is 0 Å². The number of hydrogen-bond donors (Lipinski definition) is 0. The van der Waals surface area contributed by atoms with Crippen molar-refractivity contribution in [2.24, 2.45) is 28.1 Å². The quantitative estimate of drug-likeness (QED) is 0.473. The van der Waals surface area contributed by atoms with E-state index in [0.29, 0.717) is 16.2 Å². The number of rotatable bonds is 0. The van der Waals surface area contributed by atoms with Crippen molar-refractivity contribution < 1.29 is 0 Å². The molecule has 3 unspecified atom stereocenters. The molecule has 0 N–H and O–H groups in total. The second kappa shape index (κ2) is 4.12. The monoisotopic (exact) mass is 248 g/mol. The van der Waals surface area contributed by atoms with E-state index in [4.69, 9.17) is 0 Å². The molecule has 0 aromatic rings. The Morgan fingerprint density at radius 2 is 1.72 bits per heavy atom. The second-order valence-corrected chi connectivity index (χ2v) is 8.67. The zero-order valence-corrected chi connectivity index (χ0v) is 13.6. The Morgan fingerprint density at radius 1 is 1.11 bits per heavy atom. The largest absolute Gasteiger partial charge is 0.0844 e. The van der Waals surface area contributed by atoms with Gasteiger partial charge in [-0.25, -0.2) is 0 Å². The summed E-state index contributed by atoms with van der Waals surface area (Å²) < 4.78 is 0. The molecule has 0 heteroatoms. The number of fused-ring (bicyclic) bond motifs is 1. The van der Waals surface area contributed by atoms with Crippen LogP contribution in [-0.4, -0.2) is 0 Å². The van der Waals surface area contributed by atoms with Gasteiger partial charge in [0.2, 0.25) is 0 Å². The molecule has 1 saturated carbocycles. The van der Waals surface area contributed by atoms with Gasteiger partial charge < -0.3 is 0 Å². The van der Waals surface area contributed by atoms with Gasteiger partial charge >= 0.3 is 0 Å². The SMILES string of the molecule is CC1CCC2C(=CCCC2(C)C)C1(C)C(C)(C)C. The summed E-state index contributed by atoms with van der Waals surface area (Å²) in [5.41, 5.74) is 3.05. The Kier molecular flexibility index (Phi) is 3.24. The van der Waals surface area contributed by atoms with E-state index in [1.807, 2.05) is 0 Å². The van der Waals surface area contributed by atoms with Crippen molar-refractivity contribution in [1.82, 2.24) is 0 Å². The maximum absolute atomic E-state index is 2.61. The Balaban J connectivity index is 2.49. The molecule has 18 heavy (non-hydrogen) atoms. The molecule has 3 atom stereocenters. The lowest BCUT2D eigenvalue weighted by atomic mass is 9.47. The zero-order chi connectivity index (χ0) is 13.8. The van der Waals surface area contributed by atoms with E-state index in [0.717, 1.165) is 11.8 Å². The van der Waals surface area contributed by atoms with Gasteiger partial charge in [0.15, 0.2) is 0 Å². The van der Waals surface area contributed by atoms with E-state index in [9.17, 15) is 0 Å². The smallest absolute Gasteiger partial charge is 0.00393 e. The molecular formula is C18H32. The Labute approximate surface area is 114 Å². The lowest BCUT2D eigenvalue weighted by molar-refractivity contribution is 0.00880. The second-order valence-electron chi connectivity index (χ2n) is 8.67. The molecule has 0 radical (unpaired) electrons. The molecule has 2 aliphatic carbocycles. The summed E-state index contributed by atoms with van der Waals surface area (Å²) in [4.78, 5) is 0. The first-order valence-corrected chi connectivity index (χ1v) is 7.81. The average Bonchev–Trinajstić information content (AvgIpc) is 2.21. The minimum atomic E-state index is 0.365. The molecule has 0 amide bonds. The summed E-state index contributed by atoms with van der Waals surface area (Å²) in [6, 6.07) is 0. The minimum absolute atomic E-state index is 0.365. The van der Waals surface area contributed by atoms with Crippen LogP contribution in [0.15, 0.2) is 11.6 Å². The lowest BCUT2D eigenvalue weighted by Crippen LogP contribution is -2.49. The van der Waals surface area contributed by atoms with Crippen LogP contribution in [0.25, 0.3) is 0 Å². The first-order chi connectivity index (χ1) is 8.11. The predicted molar refractivity (Wildman–Crippen MR) is 80.5 cm³/mol. The van der Waals surface area contributed by atoms with Crippen LogP contribution in [0.2, 0.25) is 0 Å².